The van der Waals surface area contributed by atoms with E-state index in [2.05, 4.69) is 20.9 Å². The molecule has 0 atom stereocenters. The van der Waals surface area contributed by atoms with Crippen LogP contribution in [0.2, 0.25) is 0 Å². The number of piperidine rings is 1. The molecule has 3 amide bonds. The molecule has 0 radical (unpaired) electrons. The second-order valence-corrected chi connectivity index (χ2v) is 6.55. The molecule has 1 aliphatic rings. The summed E-state index contributed by atoms with van der Waals surface area (Å²) in [5, 5.41) is 7.62. The molecule has 0 aliphatic carbocycles. The van der Waals surface area contributed by atoms with Crippen LogP contribution in [0.15, 0.2) is 42.5 Å². The molecule has 1 aliphatic heterocycles. The van der Waals surface area contributed by atoms with Crippen molar-refractivity contribution in [1.29, 1.82) is 0 Å². The van der Waals surface area contributed by atoms with Gasteiger partial charge in [0.25, 0.3) is 0 Å². The van der Waals surface area contributed by atoms with Crippen molar-refractivity contribution in [2.24, 2.45) is 0 Å². The lowest BCUT2D eigenvalue weighted by Crippen LogP contribution is -2.36. The molecule has 148 valence electrons. The summed E-state index contributed by atoms with van der Waals surface area (Å²) >= 11 is 0. The second kappa shape index (κ2) is 9.16. The molecule has 0 aromatic heterocycles. The van der Waals surface area contributed by atoms with Gasteiger partial charge in [0.15, 0.2) is 11.6 Å². The van der Waals surface area contributed by atoms with E-state index in [1.165, 1.54) is 12.5 Å². The monoisotopic (exact) mass is 388 g/mol. The van der Waals surface area contributed by atoms with Crippen LogP contribution in [0.1, 0.15) is 19.3 Å². The number of benzene rings is 2. The first-order valence-corrected chi connectivity index (χ1v) is 9.16. The number of halogens is 2. The maximum absolute atomic E-state index is 13.2. The Kier molecular flexibility index (Phi) is 6.41. The summed E-state index contributed by atoms with van der Waals surface area (Å²) in [5.41, 5.74) is 1.73. The molecule has 0 bridgehead atoms. The predicted molar refractivity (Wildman–Crippen MR) is 105 cm³/mol. The van der Waals surface area contributed by atoms with Crippen molar-refractivity contribution < 1.29 is 18.4 Å². The quantitative estimate of drug-likeness (QED) is 0.731. The molecule has 2 aromatic carbocycles. The summed E-state index contributed by atoms with van der Waals surface area (Å²) in [6.07, 6.45) is 3.44. The van der Waals surface area contributed by atoms with E-state index in [1.54, 1.807) is 0 Å². The molecule has 6 nitrogen and oxygen atoms in total. The highest BCUT2D eigenvalue weighted by molar-refractivity contribution is 5.98. The number of nitrogens with zero attached hydrogens (tertiary/aromatic N) is 1. The summed E-state index contributed by atoms with van der Waals surface area (Å²) in [6, 6.07) is 10.0. The van der Waals surface area contributed by atoms with E-state index in [9.17, 15) is 18.4 Å². The van der Waals surface area contributed by atoms with Gasteiger partial charge in [0.1, 0.15) is 0 Å². The Balaban J connectivity index is 1.53. The molecule has 1 saturated heterocycles. The van der Waals surface area contributed by atoms with Gasteiger partial charge in [0, 0.05) is 24.8 Å². The Morgan fingerprint density at radius 2 is 1.68 bits per heavy atom. The second-order valence-electron chi connectivity index (χ2n) is 6.55. The fourth-order valence-corrected chi connectivity index (χ4v) is 3.10. The third-order valence-corrected chi connectivity index (χ3v) is 4.46. The molecule has 1 fully saturated rings. The summed E-state index contributed by atoms with van der Waals surface area (Å²) in [5.74, 6) is -2.61. The van der Waals surface area contributed by atoms with E-state index in [-0.39, 0.29) is 12.2 Å². The van der Waals surface area contributed by atoms with Gasteiger partial charge in [-0.3, -0.25) is 4.79 Å². The van der Waals surface area contributed by atoms with Gasteiger partial charge in [0.05, 0.1) is 17.9 Å². The minimum Gasteiger partial charge on any atom is -0.370 e. The molecule has 1 heterocycles. The fraction of sp³-hybridized carbons (Fsp3) is 0.300. The SMILES string of the molecule is O=C(CNC(=O)Nc1ccccc1N1CCCCC1)Nc1ccc(F)c(F)c1. The van der Waals surface area contributed by atoms with Gasteiger partial charge in [-0.2, -0.15) is 0 Å². The molecule has 0 spiro atoms. The zero-order chi connectivity index (χ0) is 19.9. The van der Waals surface area contributed by atoms with Crippen molar-refractivity contribution in [3.8, 4) is 0 Å². The number of anilines is 3. The van der Waals surface area contributed by atoms with Crippen molar-refractivity contribution >= 4 is 29.0 Å². The van der Waals surface area contributed by atoms with Crippen molar-refractivity contribution in [2.45, 2.75) is 19.3 Å². The molecular weight excluding hydrogens is 366 g/mol. The van der Waals surface area contributed by atoms with E-state index >= 15 is 0 Å². The van der Waals surface area contributed by atoms with E-state index in [0.29, 0.717) is 5.69 Å². The van der Waals surface area contributed by atoms with Crippen molar-refractivity contribution in [1.82, 2.24) is 5.32 Å². The predicted octanol–water partition coefficient (Wildman–Crippen LogP) is 3.72. The van der Waals surface area contributed by atoms with Crippen LogP contribution < -0.4 is 20.9 Å². The summed E-state index contributed by atoms with van der Waals surface area (Å²) in [6.45, 7) is 1.57. The summed E-state index contributed by atoms with van der Waals surface area (Å²) < 4.78 is 26.1. The first-order chi connectivity index (χ1) is 13.5. The third-order valence-electron chi connectivity index (χ3n) is 4.46. The molecule has 2 aromatic rings. The van der Waals surface area contributed by atoms with E-state index < -0.39 is 23.6 Å². The van der Waals surface area contributed by atoms with Gasteiger partial charge >= 0.3 is 6.03 Å². The molecular formula is C20H22F2N4O2. The van der Waals surface area contributed by atoms with Crippen LogP contribution in [0.25, 0.3) is 0 Å². The Morgan fingerprint density at radius 1 is 0.929 bits per heavy atom. The van der Waals surface area contributed by atoms with Gasteiger partial charge < -0.3 is 20.9 Å². The Morgan fingerprint density at radius 3 is 2.43 bits per heavy atom. The van der Waals surface area contributed by atoms with Gasteiger partial charge in [0.2, 0.25) is 5.91 Å². The molecule has 0 unspecified atom stereocenters. The highest BCUT2D eigenvalue weighted by Crippen LogP contribution is 2.28. The maximum Gasteiger partial charge on any atom is 0.319 e. The lowest BCUT2D eigenvalue weighted by atomic mass is 10.1. The summed E-state index contributed by atoms with van der Waals surface area (Å²) in [4.78, 5) is 26.3. The number of hydrogen-bond acceptors (Lipinski definition) is 3. The van der Waals surface area contributed by atoms with Crippen molar-refractivity contribution in [3.05, 3.63) is 54.1 Å². The zero-order valence-corrected chi connectivity index (χ0v) is 15.3. The highest BCUT2D eigenvalue weighted by atomic mass is 19.2. The normalized spacial score (nSPS) is 13.7. The van der Waals surface area contributed by atoms with Gasteiger partial charge in [-0.05, 0) is 43.5 Å². The van der Waals surface area contributed by atoms with E-state index in [1.807, 2.05) is 24.3 Å². The molecule has 28 heavy (non-hydrogen) atoms. The van der Waals surface area contributed by atoms with Crippen molar-refractivity contribution in [2.75, 3.05) is 35.2 Å². The Labute approximate surface area is 161 Å². The molecule has 3 N–H and O–H groups in total. The molecule has 8 heteroatoms. The van der Waals surface area contributed by atoms with E-state index in [0.717, 1.165) is 43.8 Å². The Hall–Kier alpha value is -3.16. The average molecular weight is 388 g/mol. The minimum atomic E-state index is -1.06. The number of nitrogens with one attached hydrogen (secondary N) is 3. The average Bonchev–Trinajstić information content (AvgIpc) is 2.70. The third kappa shape index (κ3) is 5.18. The van der Waals surface area contributed by atoms with Crippen LogP contribution in [-0.4, -0.2) is 31.6 Å². The fourth-order valence-electron chi connectivity index (χ4n) is 3.10. The number of carbonyl (C=O) groups excluding carboxylic acids is 2. The zero-order valence-electron chi connectivity index (χ0n) is 15.3. The van der Waals surface area contributed by atoms with Gasteiger partial charge in [-0.15, -0.1) is 0 Å². The number of urea groups is 1. The van der Waals surface area contributed by atoms with Crippen LogP contribution in [0, 0.1) is 11.6 Å². The number of para-hydroxylation sites is 2. The molecule has 3 rings (SSSR count). The maximum atomic E-state index is 13.2. The number of rotatable bonds is 5. The standard InChI is InChI=1S/C20H22F2N4O2/c21-15-9-8-14(12-16(15)22)24-19(27)13-23-20(28)25-17-6-2-3-7-18(17)26-10-4-1-5-11-26/h2-3,6-9,12H,1,4-5,10-11,13H2,(H,24,27)(H2,23,25,28). The van der Waals surface area contributed by atoms with Crippen LogP contribution in [0.4, 0.5) is 30.6 Å². The first-order valence-electron chi connectivity index (χ1n) is 9.16. The van der Waals surface area contributed by atoms with Crippen LogP contribution >= 0.6 is 0 Å². The van der Waals surface area contributed by atoms with Crippen molar-refractivity contribution in [3.63, 3.8) is 0 Å². The smallest absolute Gasteiger partial charge is 0.319 e. The lowest BCUT2D eigenvalue weighted by molar-refractivity contribution is -0.115. The first kappa shape index (κ1) is 19.6. The van der Waals surface area contributed by atoms with Crippen LogP contribution in [0.5, 0.6) is 0 Å². The molecule has 0 saturated carbocycles. The minimum absolute atomic E-state index is 0.113. The largest absolute Gasteiger partial charge is 0.370 e. The number of hydrogen-bond donors (Lipinski definition) is 3. The van der Waals surface area contributed by atoms with Gasteiger partial charge in [-0.25, -0.2) is 13.6 Å². The van der Waals surface area contributed by atoms with Crippen LogP contribution in [0.3, 0.4) is 0 Å². The van der Waals surface area contributed by atoms with Gasteiger partial charge in [-0.1, -0.05) is 12.1 Å². The number of amides is 3. The highest BCUT2D eigenvalue weighted by Gasteiger charge is 2.15. The van der Waals surface area contributed by atoms with Crippen LogP contribution in [-0.2, 0) is 4.79 Å². The Bertz CT molecular complexity index is 854. The lowest BCUT2D eigenvalue weighted by Gasteiger charge is -2.30. The van der Waals surface area contributed by atoms with E-state index in [4.69, 9.17) is 0 Å². The number of carbonyl (C=O) groups is 2. The summed E-state index contributed by atoms with van der Waals surface area (Å²) in [7, 11) is 0. The topological polar surface area (TPSA) is 73.5 Å².